The molecule has 1 aliphatic rings. The largest absolute Gasteiger partial charge is 0.478 e. The first-order valence-corrected chi connectivity index (χ1v) is 9.22. The maximum Gasteiger partial charge on any atom is 0.336 e. The van der Waals surface area contributed by atoms with E-state index in [2.05, 4.69) is 18.6 Å². The topological polar surface area (TPSA) is 83.5 Å². The Labute approximate surface area is 138 Å². The Kier molecular flexibility index (Phi) is 4.65. The van der Waals surface area contributed by atoms with Gasteiger partial charge in [0.25, 0.3) is 0 Å². The summed E-state index contributed by atoms with van der Waals surface area (Å²) in [5.74, 6) is -1.13. The maximum atomic E-state index is 12.4. The van der Waals surface area contributed by atoms with Crippen LogP contribution in [0.3, 0.4) is 0 Å². The minimum Gasteiger partial charge on any atom is -0.478 e. The first kappa shape index (κ1) is 16.7. The predicted molar refractivity (Wildman–Crippen MR) is 87.9 cm³/mol. The lowest BCUT2D eigenvalue weighted by Gasteiger charge is -2.18. The van der Waals surface area contributed by atoms with Crippen LogP contribution in [0.15, 0.2) is 23.1 Å². The summed E-state index contributed by atoms with van der Waals surface area (Å²) in [4.78, 5) is 11.1. The summed E-state index contributed by atoms with van der Waals surface area (Å²) >= 11 is 1.88. The van der Waals surface area contributed by atoms with Gasteiger partial charge in [-0.25, -0.2) is 17.9 Å². The molecule has 0 aliphatic heterocycles. The van der Waals surface area contributed by atoms with Crippen molar-refractivity contribution in [3.05, 3.63) is 27.3 Å². The van der Waals surface area contributed by atoms with Gasteiger partial charge in [0.15, 0.2) is 0 Å². The van der Waals surface area contributed by atoms with Gasteiger partial charge in [-0.05, 0) is 65.5 Å². The molecule has 7 heteroatoms. The molecule has 1 saturated carbocycles. The lowest BCUT2D eigenvalue weighted by atomic mass is 9.92. The van der Waals surface area contributed by atoms with Crippen LogP contribution in [0.4, 0.5) is 0 Å². The molecule has 1 aromatic rings. The highest BCUT2D eigenvalue weighted by atomic mass is 127. The molecule has 0 spiro atoms. The Morgan fingerprint density at radius 2 is 2.10 bits per heavy atom. The predicted octanol–water partition coefficient (Wildman–Crippen LogP) is 2.85. The van der Waals surface area contributed by atoms with E-state index in [1.807, 2.05) is 22.6 Å². The minimum absolute atomic E-state index is 0.00465. The summed E-state index contributed by atoms with van der Waals surface area (Å²) in [6, 6.07) is 4.08. The molecule has 0 bridgehead atoms. The number of hydrogen-bond donors (Lipinski definition) is 2. The fourth-order valence-corrected chi connectivity index (χ4v) is 4.52. The second-order valence-electron chi connectivity index (χ2n) is 6.17. The lowest BCUT2D eigenvalue weighted by molar-refractivity contribution is 0.0695. The molecule has 0 amide bonds. The first-order valence-electron chi connectivity index (χ1n) is 6.66. The monoisotopic (exact) mass is 423 g/mol. The van der Waals surface area contributed by atoms with Gasteiger partial charge in [0.2, 0.25) is 10.0 Å². The van der Waals surface area contributed by atoms with Crippen LogP contribution in [-0.2, 0) is 10.0 Å². The zero-order valence-corrected chi connectivity index (χ0v) is 14.9. The fraction of sp³-hybridized carbons (Fsp3) is 0.500. The summed E-state index contributed by atoms with van der Waals surface area (Å²) in [6.45, 7) is 4.24. The van der Waals surface area contributed by atoms with Crippen LogP contribution < -0.4 is 4.72 Å². The van der Waals surface area contributed by atoms with E-state index in [1.165, 1.54) is 18.2 Å². The van der Waals surface area contributed by atoms with E-state index in [1.54, 1.807) is 0 Å². The van der Waals surface area contributed by atoms with Crippen LogP contribution in [0.2, 0.25) is 0 Å². The van der Waals surface area contributed by atoms with Crippen molar-refractivity contribution in [1.29, 1.82) is 0 Å². The van der Waals surface area contributed by atoms with Crippen LogP contribution in [0.1, 0.15) is 43.5 Å². The lowest BCUT2D eigenvalue weighted by Crippen LogP contribution is -2.33. The van der Waals surface area contributed by atoms with Gasteiger partial charge in [0.1, 0.15) is 0 Å². The Bertz CT molecular complexity index is 670. The standard InChI is InChI=1S/C14H18INO4S/c1-14(2)6-5-9(8-14)16-21(19,20)10-3-4-12(15)11(7-10)13(17)18/h3-4,7,9,16H,5-6,8H2,1-2H3,(H,17,18). The molecule has 116 valence electrons. The van der Waals surface area contributed by atoms with Crippen molar-refractivity contribution >= 4 is 38.6 Å². The molecular weight excluding hydrogens is 405 g/mol. The molecule has 2 rings (SSSR count). The Balaban J connectivity index is 2.24. The third-order valence-electron chi connectivity index (χ3n) is 3.77. The molecule has 0 heterocycles. The summed E-state index contributed by atoms with van der Waals surface area (Å²) in [5.41, 5.74) is 0.149. The summed E-state index contributed by atoms with van der Waals surface area (Å²) in [7, 11) is -3.68. The van der Waals surface area contributed by atoms with E-state index in [0.29, 0.717) is 3.57 Å². The molecule has 5 nitrogen and oxygen atoms in total. The first-order chi connectivity index (χ1) is 9.61. The van der Waals surface area contributed by atoms with Crippen molar-refractivity contribution in [2.45, 2.75) is 44.0 Å². The average Bonchev–Trinajstić information content (AvgIpc) is 2.67. The van der Waals surface area contributed by atoms with Gasteiger partial charge in [-0.3, -0.25) is 0 Å². The molecule has 1 aliphatic carbocycles. The van der Waals surface area contributed by atoms with Crippen molar-refractivity contribution < 1.29 is 18.3 Å². The third kappa shape index (κ3) is 3.95. The summed E-state index contributed by atoms with van der Waals surface area (Å²) in [6.07, 6.45) is 2.58. The number of aromatic carboxylic acids is 1. The summed E-state index contributed by atoms with van der Waals surface area (Å²) in [5, 5.41) is 9.09. The second-order valence-corrected chi connectivity index (χ2v) is 9.05. The number of halogens is 1. The van der Waals surface area contributed by atoms with Crippen molar-refractivity contribution in [2.75, 3.05) is 0 Å². The van der Waals surface area contributed by atoms with Gasteiger partial charge in [0, 0.05) is 9.61 Å². The molecule has 0 aromatic heterocycles. The highest BCUT2D eigenvalue weighted by Crippen LogP contribution is 2.37. The summed E-state index contributed by atoms with van der Waals surface area (Å²) < 4.78 is 28.0. The van der Waals surface area contributed by atoms with E-state index < -0.39 is 16.0 Å². The highest BCUT2D eigenvalue weighted by Gasteiger charge is 2.33. The SMILES string of the molecule is CC1(C)CCC(NS(=O)(=O)c2ccc(I)c(C(=O)O)c2)C1. The van der Waals surface area contributed by atoms with Crippen molar-refractivity contribution in [2.24, 2.45) is 5.41 Å². The molecular formula is C14H18INO4S. The van der Waals surface area contributed by atoms with Crippen molar-refractivity contribution in [1.82, 2.24) is 4.72 Å². The number of carbonyl (C=O) groups is 1. The minimum atomic E-state index is -3.68. The van der Waals surface area contributed by atoms with Gasteiger partial charge < -0.3 is 5.11 Å². The van der Waals surface area contributed by atoms with Crippen LogP contribution in [0, 0.1) is 8.99 Å². The van der Waals surface area contributed by atoms with E-state index in [9.17, 15) is 13.2 Å². The number of nitrogens with one attached hydrogen (secondary N) is 1. The van der Waals surface area contributed by atoms with Crippen LogP contribution in [0.5, 0.6) is 0 Å². The molecule has 0 radical (unpaired) electrons. The van der Waals surface area contributed by atoms with E-state index in [-0.39, 0.29) is 21.9 Å². The van der Waals surface area contributed by atoms with E-state index >= 15 is 0 Å². The van der Waals surface area contributed by atoms with Crippen molar-refractivity contribution in [3.63, 3.8) is 0 Å². The van der Waals surface area contributed by atoms with E-state index in [4.69, 9.17) is 5.11 Å². The number of sulfonamides is 1. The van der Waals surface area contributed by atoms with Crippen LogP contribution in [0.25, 0.3) is 0 Å². The number of carboxylic acid groups (broad SMARTS) is 1. The maximum absolute atomic E-state index is 12.4. The number of hydrogen-bond acceptors (Lipinski definition) is 3. The van der Waals surface area contributed by atoms with Crippen LogP contribution in [-0.4, -0.2) is 25.5 Å². The molecule has 21 heavy (non-hydrogen) atoms. The van der Waals surface area contributed by atoms with Gasteiger partial charge in [-0.2, -0.15) is 0 Å². The second kappa shape index (κ2) is 5.85. The zero-order valence-electron chi connectivity index (χ0n) is 11.9. The Morgan fingerprint density at radius 3 is 2.62 bits per heavy atom. The molecule has 0 saturated heterocycles. The smallest absolute Gasteiger partial charge is 0.336 e. The number of carboxylic acids is 1. The average molecular weight is 423 g/mol. The van der Waals surface area contributed by atoms with Gasteiger partial charge in [0.05, 0.1) is 10.5 Å². The van der Waals surface area contributed by atoms with Crippen LogP contribution >= 0.6 is 22.6 Å². The molecule has 1 fully saturated rings. The molecule has 1 atom stereocenters. The highest BCUT2D eigenvalue weighted by molar-refractivity contribution is 14.1. The molecule has 1 aromatic carbocycles. The molecule has 1 unspecified atom stereocenters. The number of benzene rings is 1. The van der Waals surface area contributed by atoms with Gasteiger partial charge >= 0.3 is 5.97 Å². The van der Waals surface area contributed by atoms with Gasteiger partial charge in [-0.15, -0.1) is 0 Å². The third-order valence-corrected chi connectivity index (χ3v) is 6.23. The van der Waals surface area contributed by atoms with E-state index in [0.717, 1.165) is 19.3 Å². The van der Waals surface area contributed by atoms with Gasteiger partial charge in [-0.1, -0.05) is 13.8 Å². The fourth-order valence-electron chi connectivity index (χ4n) is 2.66. The normalized spacial score (nSPS) is 21.4. The number of rotatable bonds is 4. The Hall–Kier alpha value is -0.670. The Morgan fingerprint density at radius 1 is 1.43 bits per heavy atom. The van der Waals surface area contributed by atoms with Crippen molar-refractivity contribution in [3.8, 4) is 0 Å². The zero-order chi connectivity index (χ0) is 15.8. The molecule has 2 N–H and O–H groups in total. The quantitative estimate of drug-likeness (QED) is 0.730.